The minimum atomic E-state index is -0.326. The van der Waals surface area contributed by atoms with Gasteiger partial charge in [-0.3, -0.25) is 15.0 Å². The number of amides is 1. The molecule has 0 bridgehead atoms. The number of carbonyl (C=O) groups is 1. The van der Waals surface area contributed by atoms with Crippen LogP contribution < -0.4 is 10.2 Å². The molecule has 1 atom stereocenters. The van der Waals surface area contributed by atoms with Gasteiger partial charge in [0, 0.05) is 28.6 Å². The maximum absolute atomic E-state index is 12.0. The molecule has 2 N–H and O–H groups in total. The number of pyridine rings is 1. The van der Waals surface area contributed by atoms with E-state index in [9.17, 15) is 4.79 Å². The molecule has 166 valence electrons. The second-order valence-electron chi connectivity index (χ2n) is 7.70. The molecule has 5 nitrogen and oxygen atoms in total. The van der Waals surface area contributed by atoms with Gasteiger partial charge in [0.2, 0.25) is 5.91 Å². The molecule has 3 heterocycles. The van der Waals surface area contributed by atoms with Gasteiger partial charge in [0.1, 0.15) is 12.4 Å². The summed E-state index contributed by atoms with van der Waals surface area (Å²) in [5.41, 5.74) is 3.99. The number of carbonyl (C=O) groups excluding carboxylic acids is 1. The van der Waals surface area contributed by atoms with Crippen molar-refractivity contribution in [2.45, 2.75) is 30.4 Å². The molecular formula is C25H26N2O3S2. The van der Waals surface area contributed by atoms with Crippen molar-refractivity contribution < 1.29 is 14.7 Å². The van der Waals surface area contributed by atoms with Crippen LogP contribution in [0.2, 0.25) is 0 Å². The Kier molecular flexibility index (Phi) is 7.63. The van der Waals surface area contributed by atoms with E-state index in [2.05, 4.69) is 29.2 Å². The number of thiophene rings is 1. The fraction of sp³-hybridized carbons (Fsp3) is 0.280. The van der Waals surface area contributed by atoms with E-state index in [4.69, 9.17) is 9.94 Å². The van der Waals surface area contributed by atoms with Crippen LogP contribution in [0.1, 0.15) is 36.1 Å². The largest absolute Gasteiger partial charge is 0.490 e. The number of rotatable bonds is 8. The molecule has 0 unspecified atom stereocenters. The van der Waals surface area contributed by atoms with E-state index in [-0.39, 0.29) is 10.7 Å². The number of nitrogens with one attached hydrogen (secondary N) is 1. The summed E-state index contributed by atoms with van der Waals surface area (Å²) in [5, 5.41) is 9.05. The zero-order valence-electron chi connectivity index (χ0n) is 17.7. The van der Waals surface area contributed by atoms with Crippen LogP contribution in [0, 0.1) is 0 Å². The highest BCUT2D eigenvalue weighted by Crippen LogP contribution is 2.50. The molecule has 1 fully saturated rings. The standard InChI is InChI=1S/C25H26N2O3S2/c28-24(27-29)17-25(13-1-2-16-31-25)23-12-11-22(32-23)20-7-9-21(10-8-20)30-15-4-6-19-5-3-14-26-18-19/h3-12,14,18,29H,1-2,13,15-17H2,(H,27,28)/t25-/m0/s1. The number of hydrogen-bond donors (Lipinski definition) is 2. The van der Waals surface area contributed by atoms with Crippen LogP contribution in [-0.4, -0.2) is 28.5 Å². The lowest BCUT2D eigenvalue weighted by atomic mass is 9.94. The lowest BCUT2D eigenvalue weighted by Gasteiger charge is -2.35. The second kappa shape index (κ2) is 10.8. The highest BCUT2D eigenvalue weighted by Gasteiger charge is 2.38. The molecule has 4 rings (SSSR count). The molecule has 1 saturated heterocycles. The molecule has 3 aromatic rings. The number of thioether (sulfide) groups is 1. The highest BCUT2D eigenvalue weighted by molar-refractivity contribution is 8.00. The fourth-order valence-corrected chi connectivity index (χ4v) is 6.72. The lowest BCUT2D eigenvalue weighted by Crippen LogP contribution is -2.32. The van der Waals surface area contributed by atoms with Gasteiger partial charge in [-0.05, 0) is 78.3 Å². The van der Waals surface area contributed by atoms with Crippen LogP contribution in [0.15, 0.2) is 67.0 Å². The Morgan fingerprint density at radius 1 is 1.19 bits per heavy atom. The van der Waals surface area contributed by atoms with E-state index in [0.717, 1.165) is 40.3 Å². The van der Waals surface area contributed by atoms with E-state index < -0.39 is 0 Å². The van der Waals surface area contributed by atoms with Gasteiger partial charge in [-0.1, -0.05) is 18.6 Å². The van der Waals surface area contributed by atoms with Gasteiger partial charge in [0.15, 0.2) is 0 Å². The first kappa shape index (κ1) is 22.6. The summed E-state index contributed by atoms with van der Waals surface area (Å²) in [7, 11) is 0. The summed E-state index contributed by atoms with van der Waals surface area (Å²) >= 11 is 3.56. The smallest absolute Gasteiger partial charge is 0.245 e. The highest BCUT2D eigenvalue weighted by atomic mass is 32.2. The molecule has 0 radical (unpaired) electrons. The van der Waals surface area contributed by atoms with E-state index in [1.54, 1.807) is 17.5 Å². The SMILES string of the molecule is O=C(C[C@]1(c2ccc(-c3ccc(OCC=Cc4cccnc4)cc3)s2)CCCCS1)NO. The first-order chi connectivity index (χ1) is 15.7. The summed E-state index contributed by atoms with van der Waals surface area (Å²) in [6.07, 6.45) is 11.0. The van der Waals surface area contributed by atoms with Crippen molar-refractivity contribution in [2.24, 2.45) is 0 Å². The molecule has 2 aromatic heterocycles. The van der Waals surface area contributed by atoms with Crippen molar-refractivity contribution in [3.8, 4) is 16.2 Å². The van der Waals surface area contributed by atoms with Gasteiger partial charge in [-0.2, -0.15) is 0 Å². The Balaban J connectivity index is 1.41. The molecule has 32 heavy (non-hydrogen) atoms. The number of ether oxygens (including phenoxy) is 1. The van der Waals surface area contributed by atoms with Crippen molar-refractivity contribution in [1.82, 2.24) is 10.5 Å². The minimum absolute atomic E-state index is 0.252. The van der Waals surface area contributed by atoms with Gasteiger partial charge < -0.3 is 4.74 Å². The third-order valence-corrected chi connectivity index (χ3v) is 8.54. The first-order valence-corrected chi connectivity index (χ1v) is 12.5. The number of benzene rings is 1. The molecule has 0 saturated carbocycles. The van der Waals surface area contributed by atoms with E-state index in [0.29, 0.717) is 13.0 Å². The number of hydrogen-bond acceptors (Lipinski definition) is 6. The molecule has 1 aliphatic heterocycles. The van der Waals surface area contributed by atoms with Crippen molar-refractivity contribution in [2.75, 3.05) is 12.4 Å². The van der Waals surface area contributed by atoms with Crippen LogP contribution in [0.4, 0.5) is 0 Å². The van der Waals surface area contributed by atoms with Gasteiger partial charge in [-0.25, -0.2) is 5.48 Å². The van der Waals surface area contributed by atoms with Gasteiger partial charge in [0.05, 0.1) is 4.75 Å². The van der Waals surface area contributed by atoms with E-state index in [1.807, 2.05) is 59.9 Å². The minimum Gasteiger partial charge on any atom is -0.490 e. The van der Waals surface area contributed by atoms with Crippen LogP contribution in [0.5, 0.6) is 5.75 Å². The maximum atomic E-state index is 12.0. The van der Waals surface area contributed by atoms with Crippen molar-refractivity contribution in [3.63, 3.8) is 0 Å². The van der Waals surface area contributed by atoms with Crippen molar-refractivity contribution >= 4 is 35.1 Å². The Bertz CT molecular complexity index is 1040. The molecule has 1 aliphatic rings. The zero-order valence-corrected chi connectivity index (χ0v) is 19.3. The molecule has 1 aromatic carbocycles. The summed E-state index contributed by atoms with van der Waals surface area (Å²) in [4.78, 5) is 18.4. The van der Waals surface area contributed by atoms with Gasteiger partial charge in [-0.15, -0.1) is 23.1 Å². The maximum Gasteiger partial charge on any atom is 0.245 e. The molecular weight excluding hydrogens is 440 g/mol. The third-order valence-electron chi connectivity index (χ3n) is 5.46. The monoisotopic (exact) mass is 466 g/mol. The number of nitrogens with zero attached hydrogens (tertiary/aromatic N) is 1. The Morgan fingerprint density at radius 2 is 2.06 bits per heavy atom. The second-order valence-corrected chi connectivity index (χ2v) is 10.3. The van der Waals surface area contributed by atoms with Crippen LogP contribution in [0.3, 0.4) is 0 Å². The van der Waals surface area contributed by atoms with E-state index >= 15 is 0 Å². The third kappa shape index (κ3) is 5.59. The number of hydroxylamine groups is 1. The topological polar surface area (TPSA) is 71.5 Å². The summed E-state index contributed by atoms with van der Waals surface area (Å²) in [6, 6.07) is 16.3. The molecule has 0 aliphatic carbocycles. The molecule has 0 spiro atoms. The van der Waals surface area contributed by atoms with Crippen LogP contribution in [0.25, 0.3) is 16.5 Å². The van der Waals surface area contributed by atoms with Crippen molar-refractivity contribution in [1.29, 1.82) is 0 Å². The average Bonchev–Trinajstić information content (AvgIpc) is 3.35. The Morgan fingerprint density at radius 3 is 2.78 bits per heavy atom. The quantitative estimate of drug-likeness (QED) is 0.319. The predicted molar refractivity (Wildman–Crippen MR) is 131 cm³/mol. The van der Waals surface area contributed by atoms with Crippen LogP contribution >= 0.6 is 23.1 Å². The molecule has 7 heteroatoms. The normalized spacial score (nSPS) is 18.5. The van der Waals surface area contributed by atoms with Gasteiger partial charge in [0.25, 0.3) is 0 Å². The molecule has 1 amide bonds. The average molecular weight is 467 g/mol. The van der Waals surface area contributed by atoms with E-state index in [1.165, 1.54) is 11.3 Å². The van der Waals surface area contributed by atoms with Crippen LogP contribution in [-0.2, 0) is 9.54 Å². The fourth-order valence-electron chi connectivity index (χ4n) is 3.83. The summed E-state index contributed by atoms with van der Waals surface area (Å²) in [6.45, 7) is 0.490. The zero-order chi connectivity index (χ0) is 22.2. The van der Waals surface area contributed by atoms with Gasteiger partial charge >= 0.3 is 0 Å². The summed E-state index contributed by atoms with van der Waals surface area (Å²) < 4.78 is 5.56. The number of aromatic nitrogens is 1. The first-order valence-electron chi connectivity index (χ1n) is 10.7. The lowest BCUT2D eigenvalue weighted by molar-refractivity contribution is -0.129. The summed E-state index contributed by atoms with van der Waals surface area (Å²) in [5.74, 6) is 1.53. The Labute approximate surface area is 196 Å². The predicted octanol–water partition coefficient (Wildman–Crippen LogP) is 5.91. The Hall–Kier alpha value is -2.61. The van der Waals surface area contributed by atoms with Crippen molar-refractivity contribution in [3.05, 3.63) is 77.4 Å².